The van der Waals surface area contributed by atoms with Crippen LogP contribution in [0.3, 0.4) is 0 Å². The lowest BCUT2D eigenvalue weighted by molar-refractivity contribution is -0.0854. The molecule has 2 fully saturated rings. The summed E-state index contributed by atoms with van der Waals surface area (Å²) < 4.78 is 5.31. The van der Waals surface area contributed by atoms with Crippen molar-refractivity contribution in [3.63, 3.8) is 0 Å². The molecule has 1 N–H and O–H groups in total. The predicted molar refractivity (Wildman–Crippen MR) is 64.7 cm³/mol. The van der Waals surface area contributed by atoms with Gasteiger partial charge < -0.3 is 14.7 Å². The van der Waals surface area contributed by atoms with Crippen molar-refractivity contribution < 1.29 is 14.6 Å². The number of carbonyl (C=O) groups excluding carboxylic acids is 1. The monoisotopic (exact) mass is 241 g/mol. The second-order valence-corrected chi connectivity index (χ2v) is 6.46. The van der Waals surface area contributed by atoms with Gasteiger partial charge in [0.25, 0.3) is 0 Å². The minimum absolute atomic E-state index is 0.110. The van der Waals surface area contributed by atoms with Gasteiger partial charge in [-0.2, -0.15) is 0 Å². The molecule has 4 nitrogen and oxygen atoms in total. The first-order valence-electron chi connectivity index (χ1n) is 6.45. The van der Waals surface area contributed by atoms with Gasteiger partial charge in [-0.1, -0.05) is 6.42 Å². The summed E-state index contributed by atoms with van der Waals surface area (Å²) in [5.74, 6) is 0.466. The van der Waals surface area contributed by atoms with E-state index < -0.39 is 5.60 Å². The molecule has 0 radical (unpaired) electrons. The smallest absolute Gasteiger partial charge is 0.410 e. The molecule has 2 rings (SSSR count). The molecule has 4 heteroatoms. The van der Waals surface area contributed by atoms with E-state index in [9.17, 15) is 9.90 Å². The Bertz CT molecular complexity index is 293. The first kappa shape index (κ1) is 12.7. The molecule has 1 saturated carbocycles. The minimum atomic E-state index is -0.423. The van der Waals surface area contributed by atoms with Gasteiger partial charge in [0.1, 0.15) is 5.60 Å². The SMILES string of the molecule is CC(C)(C)OC(=O)N1CC(C2(CO)CCC2)C1. The number of rotatable bonds is 2. The van der Waals surface area contributed by atoms with Gasteiger partial charge in [0.05, 0.1) is 0 Å². The lowest BCUT2D eigenvalue weighted by Crippen LogP contribution is -2.60. The molecule has 2 aliphatic rings. The van der Waals surface area contributed by atoms with Crippen molar-refractivity contribution in [3.8, 4) is 0 Å². The largest absolute Gasteiger partial charge is 0.444 e. The van der Waals surface area contributed by atoms with Crippen LogP contribution in [0.25, 0.3) is 0 Å². The fourth-order valence-electron chi connectivity index (χ4n) is 2.67. The Balaban J connectivity index is 1.81. The molecule has 0 unspecified atom stereocenters. The Hall–Kier alpha value is -0.770. The van der Waals surface area contributed by atoms with E-state index in [0.717, 1.165) is 25.9 Å². The number of amides is 1. The zero-order valence-electron chi connectivity index (χ0n) is 11.0. The van der Waals surface area contributed by atoms with Gasteiger partial charge in [-0.3, -0.25) is 0 Å². The molecule has 1 heterocycles. The highest BCUT2D eigenvalue weighted by atomic mass is 16.6. The maximum absolute atomic E-state index is 11.7. The summed E-state index contributed by atoms with van der Waals surface area (Å²) in [4.78, 5) is 13.5. The van der Waals surface area contributed by atoms with Crippen molar-refractivity contribution in [3.05, 3.63) is 0 Å². The molecule has 0 bridgehead atoms. The maximum Gasteiger partial charge on any atom is 0.410 e. The van der Waals surface area contributed by atoms with E-state index in [1.807, 2.05) is 20.8 Å². The molecule has 17 heavy (non-hydrogen) atoms. The molecule has 1 saturated heterocycles. The third kappa shape index (κ3) is 2.41. The Morgan fingerprint density at radius 3 is 2.35 bits per heavy atom. The quantitative estimate of drug-likeness (QED) is 0.804. The van der Waals surface area contributed by atoms with E-state index in [2.05, 4.69) is 0 Å². The van der Waals surface area contributed by atoms with E-state index in [-0.39, 0.29) is 18.1 Å². The van der Waals surface area contributed by atoms with Crippen LogP contribution in [0, 0.1) is 11.3 Å². The van der Waals surface area contributed by atoms with Crippen LogP contribution in [0.4, 0.5) is 4.79 Å². The highest BCUT2D eigenvalue weighted by molar-refractivity contribution is 5.69. The van der Waals surface area contributed by atoms with Crippen LogP contribution in [0.2, 0.25) is 0 Å². The number of hydrogen-bond acceptors (Lipinski definition) is 3. The van der Waals surface area contributed by atoms with Crippen LogP contribution >= 0.6 is 0 Å². The molecular weight excluding hydrogens is 218 g/mol. The predicted octanol–water partition coefficient (Wildman–Crippen LogP) is 2.02. The van der Waals surface area contributed by atoms with E-state index in [4.69, 9.17) is 4.74 Å². The molecule has 0 aromatic rings. The Labute approximate surface area is 103 Å². The number of aliphatic hydroxyl groups excluding tert-OH is 1. The number of aliphatic hydroxyl groups is 1. The molecule has 0 aromatic carbocycles. The van der Waals surface area contributed by atoms with E-state index in [1.165, 1.54) is 6.42 Å². The van der Waals surface area contributed by atoms with E-state index >= 15 is 0 Å². The van der Waals surface area contributed by atoms with Crippen molar-refractivity contribution in [1.82, 2.24) is 4.90 Å². The highest BCUT2D eigenvalue weighted by Crippen LogP contribution is 2.50. The van der Waals surface area contributed by atoms with Crippen molar-refractivity contribution in [2.45, 2.75) is 45.6 Å². The lowest BCUT2D eigenvalue weighted by atomic mass is 9.59. The molecule has 0 atom stereocenters. The summed E-state index contributed by atoms with van der Waals surface area (Å²) in [6.45, 7) is 7.39. The number of hydrogen-bond donors (Lipinski definition) is 1. The van der Waals surface area contributed by atoms with Crippen LogP contribution in [0.15, 0.2) is 0 Å². The fourth-order valence-corrected chi connectivity index (χ4v) is 2.67. The molecule has 1 aliphatic carbocycles. The fraction of sp³-hybridized carbons (Fsp3) is 0.923. The number of likely N-dealkylation sites (tertiary alicyclic amines) is 1. The Kier molecular flexibility index (Phi) is 3.10. The number of ether oxygens (including phenoxy) is 1. The zero-order valence-corrected chi connectivity index (χ0v) is 11.0. The third-order valence-electron chi connectivity index (χ3n) is 4.06. The molecule has 0 aromatic heterocycles. The van der Waals surface area contributed by atoms with Crippen LogP contribution in [-0.4, -0.2) is 41.4 Å². The normalized spacial score (nSPS) is 23.9. The second kappa shape index (κ2) is 4.16. The van der Waals surface area contributed by atoms with Gasteiger partial charge in [0, 0.05) is 25.6 Å². The van der Waals surface area contributed by atoms with Gasteiger partial charge in [-0.05, 0) is 39.0 Å². The van der Waals surface area contributed by atoms with Gasteiger partial charge >= 0.3 is 6.09 Å². The van der Waals surface area contributed by atoms with Crippen LogP contribution in [0.5, 0.6) is 0 Å². The summed E-state index contributed by atoms with van der Waals surface area (Å²) >= 11 is 0. The third-order valence-corrected chi connectivity index (χ3v) is 4.06. The number of nitrogens with zero attached hydrogens (tertiary/aromatic N) is 1. The van der Waals surface area contributed by atoms with Crippen LogP contribution < -0.4 is 0 Å². The molecule has 0 spiro atoms. The van der Waals surface area contributed by atoms with Crippen molar-refractivity contribution in [2.24, 2.45) is 11.3 Å². The zero-order chi connectivity index (χ0) is 12.7. The van der Waals surface area contributed by atoms with Crippen molar-refractivity contribution in [1.29, 1.82) is 0 Å². The standard InChI is InChI=1S/C13H23NO3/c1-12(2,3)17-11(16)14-7-10(8-14)13(9-15)5-4-6-13/h10,15H,4-9H2,1-3H3. The topological polar surface area (TPSA) is 49.8 Å². The lowest BCUT2D eigenvalue weighted by Gasteiger charge is -2.54. The summed E-state index contributed by atoms with van der Waals surface area (Å²) in [5, 5.41) is 9.45. The second-order valence-electron chi connectivity index (χ2n) is 6.46. The van der Waals surface area contributed by atoms with Crippen molar-refractivity contribution >= 4 is 6.09 Å². The summed E-state index contributed by atoms with van der Waals surface area (Å²) in [6.07, 6.45) is 3.21. The number of carbonyl (C=O) groups is 1. The summed E-state index contributed by atoms with van der Waals surface area (Å²) in [6, 6.07) is 0. The van der Waals surface area contributed by atoms with Gasteiger partial charge in [-0.15, -0.1) is 0 Å². The van der Waals surface area contributed by atoms with Crippen LogP contribution in [0.1, 0.15) is 40.0 Å². The molecule has 98 valence electrons. The average molecular weight is 241 g/mol. The summed E-state index contributed by atoms with van der Waals surface area (Å²) in [5.41, 5.74) is -0.314. The van der Waals surface area contributed by atoms with Gasteiger partial charge in [0.15, 0.2) is 0 Å². The molecule has 1 amide bonds. The maximum atomic E-state index is 11.7. The summed E-state index contributed by atoms with van der Waals surface area (Å²) in [7, 11) is 0. The first-order valence-corrected chi connectivity index (χ1v) is 6.45. The molecular formula is C13H23NO3. The Morgan fingerprint density at radius 2 is 2.00 bits per heavy atom. The molecule has 1 aliphatic heterocycles. The average Bonchev–Trinajstić information content (AvgIpc) is 2.03. The minimum Gasteiger partial charge on any atom is -0.444 e. The highest BCUT2D eigenvalue weighted by Gasteiger charge is 2.50. The van der Waals surface area contributed by atoms with Gasteiger partial charge in [0.2, 0.25) is 0 Å². The van der Waals surface area contributed by atoms with Crippen LogP contribution in [-0.2, 0) is 4.74 Å². The first-order chi connectivity index (χ1) is 7.86. The van der Waals surface area contributed by atoms with Crippen molar-refractivity contribution in [2.75, 3.05) is 19.7 Å². The van der Waals surface area contributed by atoms with E-state index in [1.54, 1.807) is 4.90 Å². The Morgan fingerprint density at radius 1 is 1.41 bits per heavy atom. The van der Waals surface area contributed by atoms with Gasteiger partial charge in [-0.25, -0.2) is 4.79 Å². The van der Waals surface area contributed by atoms with E-state index in [0.29, 0.717) is 5.92 Å².